The zero-order valence-electron chi connectivity index (χ0n) is 11.1. The molecular formula is C14H18ClNO3. The van der Waals surface area contributed by atoms with Crippen LogP contribution in [-0.4, -0.2) is 16.7 Å². The normalized spacial score (nSPS) is 17.7. The first-order valence-electron chi connectivity index (χ1n) is 6.27. The zero-order chi connectivity index (χ0) is 14.2. The minimum Gasteiger partial charge on any atom is -0.487 e. The number of aliphatic carboxylic acids is 1. The Kier molecular flexibility index (Phi) is 3.74. The lowest BCUT2D eigenvalue weighted by Crippen LogP contribution is -2.25. The molecule has 0 amide bonds. The Labute approximate surface area is 117 Å². The summed E-state index contributed by atoms with van der Waals surface area (Å²) in [6.07, 6.45) is 1.18. The second-order valence-corrected chi connectivity index (χ2v) is 6.00. The summed E-state index contributed by atoms with van der Waals surface area (Å²) in [4.78, 5) is 10.6. The maximum Gasteiger partial charge on any atom is 0.303 e. The van der Waals surface area contributed by atoms with Gasteiger partial charge in [0.15, 0.2) is 0 Å². The van der Waals surface area contributed by atoms with Crippen molar-refractivity contribution in [2.24, 2.45) is 5.73 Å². The number of rotatable bonds is 4. The van der Waals surface area contributed by atoms with Crippen LogP contribution >= 0.6 is 11.6 Å². The molecule has 1 unspecified atom stereocenters. The van der Waals surface area contributed by atoms with Crippen molar-refractivity contribution in [3.8, 4) is 5.75 Å². The predicted octanol–water partition coefficient (Wildman–Crippen LogP) is 2.92. The summed E-state index contributed by atoms with van der Waals surface area (Å²) in [7, 11) is 0. The number of fused-ring (bicyclic) bond motifs is 1. The number of carboxylic acids is 1. The predicted molar refractivity (Wildman–Crippen MR) is 73.7 cm³/mol. The van der Waals surface area contributed by atoms with Gasteiger partial charge < -0.3 is 15.6 Å². The molecule has 1 atom stereocenters. The largest absolute Gasteiger partial charge is 0.487 e. The minimum atomic E-state index is -0.852. The van der Waals surface area contributed by atoms with Gasteiger partial charge in [0.2, 0.25) is 0 Å². The summed E-state index contributed by atoms with van der Waals surface area (Å²) in [6, 6.07) is 3.28. The van der Waals surface area contributed by atoms with Gasteiger partial charge in [-0.05, 0) is 38.0 Å². The first kappa shape index (κ1) is 14.2. The topological polar surface area (TPSA) is 72.6 Å². The summed E-state index contributed by atoms with van der Waals surface area (Å²) >= 11 is 6.10. The van der Waals surface area contributed by atoms with E-state index in [1.165, 1.54) is 0 Å². The average Bonchev–Trinajstić information content (AvgIpc) is 2.58. The van der Waals surface area contributed by atoms with E-state index in [0.29, 0.717) is 11.4 Å². The second-order valence-electron chi connectivity index (χ2n) is 5.56. The van der Waals surface area contributed by atoms with Crippen molar-refractivity contribution in [1.29, 1.82) is 0 Å². The van der Waals surface area contributed by atoms with Gasteiger partial charge in [-0.2, -0.15) is 0 Å². The van der Waals surface area contributed by atoms with Crippen molar-refractivity contribution in [3.05, 3.63) is 28.3 Å². The van der Waals surface area contributed by atoms with Gasteiger partial charge in [0.05, 0.1) is 0 Å². The number of benzene rings is 1. The molecule has 1 heterocycles. The quantitative estimate of drug-likeness (QED) is 0.891. The van der Waals surface area contributed by atoms with Crippen molar-refractivity contribution in [2.45, 2.75) is 44.8 Å². The first-order valence-corrected chi connectivity index (χ1v) is 6.65. The van der Waals surface area contributed by atoms with E-state index in [0.717, 1.165) is 23.3 Å². The van der Waals surface area contributed by atoms with Crippen LogP contribution < -0.4 is 10.5 Å². The summed E-state index contributed by atoms with van der Waals surface area (Å²) in [5.41, 5.74) is 7.64. The molecule has 1 aromatic carbocycles. The van der Waals surface area contributed by atoms with Gasteiger partial charge in [-0.3, -0.25) is 4.79 Å². The van der Waals surface area contributed by atoms with Crippen LogP contribution in [0.2, 0.25) is 5.02 Å². The first-order chi connectivity index (χ1) is 8.78. The van der Waals surface area contributed by atoms with E-state index in [9.17, 15) is 4.79 Å². The third kappa shape index (κ3) is 3.19. The van der Waals surface area contributed by atoms with E-state index >= 15 is 0 Å². The number of hydrogen-bond acceptors (Lipinski definition) is 3. The van der Waals surface area contributed by atoms with Crippen molar-refractivity contribution in [3.63, 3.8) is 0 Å². The van der Waals surface area contributed by atoms with Crippen molar-refractivity contribution >= 4 is 17.6 Å². The highest BCUT2D eigenvalue weighted by Crippen LogP contribution is 2.42. The molecule has 0 aromatic heterocycles. The zero-order valence-corrected chi connectivity index (χ0v) is 11.8. The molecule has 19 heavy (non-hydrogen) atoms. The van der Waals surface area contributed by atoms with Gasteiger partial charge in [-0.25, -0.2) is 0 Å². The summed E-state index contributed by atoms with van der Waals surface area (Å²) < 4.78 is 5.92. The molecule has 1 aliphatic rings. The van der Waals surface area contributed by atoms with E-state index in [4.69, 9.17) is 27.2 Å². The van der Waals surface area contributed by atoms with Crippen LogP contribution in [0.4, 0.5) is 0 Å². The van der Waals surface area contributed by atoms with Gasteiger partial charge in [0.25, 0.3) is 0 Å². The van der Waals surface area contributed by atoms with Crippen LogP contribution in [0.5, 0.6) is 5.75 Å². The van der Waals surface area contributed by atoms with E-state index in [-0.39, 0.29) is 18.1 Å². The van der Waals surface area contributed by atoms with Gasteiger partial charge in [0, 0.05) is 29.5 Å². The number of hydrogen-bond donors (Lipinski definition) is 2. The average molecular weight is 284 g/mol. The van der Waals surface area contributed by atoms with Crippen molar-refractivity contribution < 1.29 is 14.6 Å². The number of carbonyl (C=O) groups is 1. The Hall–Kier alpha value is -1.26. The fourth-order valence-electron chi connectivity index (χ4n) is 2.41. The SMILES string of the molecule is CC1(C)Cc2cc(Cl)cc(C(N)CCC(=O)O)c2O1. The maximum absolute atomic E-state index is 10.6. The number of carboxylic acid groups (broad SMARTS) is 1. The lowest BCUT2D eigenvalue weighted by Gasteiger charge is -2.20. The summed E-state index contributed by atoms with van der Waals surface area (Å²) in [6.45, 7) is 4.01. The lowest BCUT2D eigenvalue weighted by atomic mass is 9.96. The second kappa shape index (κ2) is 5.02. The van der Waals surface area contributed by atoms with Crippen molar-refractivity contribution in [2.75, 3.05) is 0 Å². The molecule has 0 aliphatic carbocycles. The highest BCUT2D eigenvalue weighted by Gasteiger charge is 2.33. The van der Waals surface area contributed by atoms with E-state index in [2.05, 4.69) is 0 Å². The molecular weight excluding hydrogens is 266 g/mol. The van der Waals surface area contributed by atoms with E-state index in [1.54, 1.807) is 6.07 Å². The fourth-order valence-corrected chi connectivity index (χ4v) is 2.66. The molecule has 2 rings (SSSR count). The molecule has 0 saturated carbocycles. The molecule has 104 valence electrons. The Morgan fingerprint density at radius 1 is 1.58 bits per heavy atom. The van der Waals surface area contributed by atoms with Gasteiger partial charge in [0.1, 0.15) is 11.4 Å². The number of nitrogens with two attached hydrogens (primary N) is 1. The Morgan fingerprint density at radius 3 is 2.89 bits per heavy atom. The molecule has 0 radical (unpaired) electrons. The molecule has 0 saturated heterocycles. The molecule has 1 aromatic rings. The monoisotopic (exact) mass is 283 g/mol. The highest BCUT2D eigenvalue weighted by atomic mass is 35.5. The number of ether oxygens (including phenoxy) is 1. The van der Waals surface area contributed by atoms with Crippen LogP contribution in [0.3, 0.4) is 0 Å². The van der Waals surface area contributed by atoms with Crippen LogP contribution in [-0.2, 0) is 11.2 Å². The minimum absolute atomic E-state index is 0.0336. The summed E-state index contributed by atoms with van der Waals surface area (Å²) in [5.74, 6) is -0.0809. The van der Waals surface area contributed by atoms with Gasteiger partial charge in [-0.15, -0.1) is 0 Å². The van der Waals surface area contributed by atoms with Crippen LogP contribution in [0.25, 0.3) is 0 Å². The van der Waals surface area contributed by atoms with E-state index in [1.807, 2.05) is 19.9 Å². The Balaban J connectivity index is 2.29. The molecule has 3 N–H and O–H groups in total. The van der Waals surface area contributed by atoms with Crippen LogP contribution in [0.15, 0.2) is 12.1 Å². The molecule has 5 heteroatoms. The summed E-state index contributed by atoms with van der Waals surface area (Å²) in [5, 5.41) is 9.34. The molecule has 4 nitrogen and oxygen atoms in total. The maximum atomic E-state index is 10.6. The van der Waals surface area contributed by atoms with Crippen molar-refractivity contribution in [1.82, 2.24) is 0 Å². The third-order valence-corrected chi connectivity index (χ3v) is 3.44. The van der Waals surface area contributed by atoms with Gasteiger partial charge in [-0.1, -0.05) is 11.6 Å². The fraction of sp³-hybridized carbons (Fsp3) is 0.500. The van der Waals surface area contributed by atoms with E-state index < -0.39 is 5.97 Å². The molecule has 0 fully saturated rings. The Bertz CT molecular complexity index is 514. The number of halogens is 1. The molecule has 1 aliphatic heterocycles. The Morgan fingerprint density at radius 2 is 2.26 bits per heavy atom. The molecule has 0 spiro atoms. The lowest BCUT2D eigenvalue weighted by molar-refractivity contribution is -0.137. The van der Waals surface area contributed by atoms with Gasteiger partial charge >= 0.3 is 5.97 Å². The third-order valence-electron chi connectivity index (χ3n) is 3.22. The van der Waals surface area contributed by atoms with Crippen LogP contribution in [0, 0.1) is 0 Å². The van der Waals surface area contributed by atoms with Crippen LogP contribution in [0.1, 0.15) is 43.9 Å². The smallest absolute Gasteiger partial charge is 0.303 e. The standard InChI is InChI=1S/C14H18ClNO3/c1-14(2)7-8-5-9(15)6-10(13(8)19-14)11(16)3-4-12(17)18/h5-6,11H,3-4,7,16H2,1-2H3,(H,17,18). The molecule has 0 bridgehead atoms. The highest BCUT2D eigenvalue weighted by molar-refractivity contribution is 6.30.